The van der Waals surface area contributed by atoms with Gasteiger partial charge < -0.3 is 15.8 Å². The van der Waals surface area contributed by atoms with Crippen LogP contribution in [0.5, 0.6) is 5.75 Å². The average molecular weight is 502 g/mol. The zero-order chi connectivity index (χ0) is 26.1. The number of nitrogens with zero attached hydrogens (tertiary/aromatic N) is 3. The van der Waals surface area contributed by atoms with Gasteiger partial charge in [0.25, 0.3) is 5.91 Å². The summed E-state index contributed by atoms with van der Waals surface area (Å²) in [4.78, 5) is 22.3. The number of nitrogens with one attached hydrogen (secondary N) is 1. The first-order valence-electron chi connectivity index (χ1n) is 11.8. The summed E-state index contributed by atoms with van der Waals surface area (Å²) in [6.45, 7) is 3.42. The SMILES string of the molecule is Cc1cc(OCc2c(F)cccc2F)c2nc(C)c(C(=O)NC(CN)c3ccc4ncccc4c3)n2c1. The molecule has 2 aromatic carbocycles. The van der Waals surface area contributed by atoms with E-state index in [0.29, 0.717) is 22.8 Å². The normalized spacial score (nSPS) is 12.1. The van der Waals surface area contributed by atoms with Crippen LogP contribution in [0.15, 0.2) is 67.0 Å². The molecule has 37 heavy (non-hydrogen) atoms. The Morgan fingerprint density at radius 2 is 1.89 bits per heavy atom. The Labute approximate surface area is 211 Å². The summed E-state index contributed by atoms with van der Waals surface area (Å²) in [5.41, 5.74) is 9.50. The molecule has 1 atom stereocenters. The smallest absolute Gasteiger partial charge is 0.270 e. The van der Waals surface area contributed by atoms with E-state index in [1.54, 1.807) is 29.8 Å². The van der Waals surface area contributed by atoms with E-state index >= 15 is 0 Å². The molecule has 5 aromatic rings. The molecule has 5 rings (SSSR count). The number of fused-ring (bicyclic) bond motifs is 2. The molecule has 0 radical (unpaired) electrons. The summed E-state index contributed by atoms with van der Waals surface area (Å²) in [6.07, 6.45) is 3.49. The Morgan fingerprint density at radius 1 is 1.11 bits per heavy atom. The van der Waals surface area contributed by atoms with Crippen molar-refractivity contribution in [2.24, 2.45) is 5.73 Å². The molecule has 0 fully saturated rings. The molecular weight excluding hydrogens is 476 g/mol. The minimum atomic E-state index is -0.694. The molecule has 0 aliphatic heterocycles. The van der Waals surface area contributed by atoms with E-state index in [9.17, 15) is 13.6 Å². The predicted molar refractivity (Wildman–Crippen MR) is 136 cm³/mol. The molecule has 0 saturated carbocycles. The van der Waals surface area contributed by atoms with E-state index in [2.05, 4.69) is 15.3 Å². The third-order valence-electron chi connectivity index (χ3n) is 6.22. The number of aryl methyl sites for hydroxylation is 2. The summed E-state index contributed by atoms with van der Waals surface area (Å²) >= 11 is 0. The van der Waals surface area contributed by atoms with E-state index < -0.39 is 17.7 Å². The van der Waals surface area contributed by atoms with Crippen molar-refractivity contribution in [1.29, 1.82) is 0 Å². The van der Waals surface area contributed by atoms with E-state index in [-0.39, 0.29) is 24.6 Å². The van der Waals surface area contributed by atoms with Crippen LogP contribution in [0, 0.1) is 25.5 Å². The lowest BCUT2D eigenvalue weighted by atomic mass is 10.0. The van der Waals surface area contributed by atoms with Crippen molar-refractivity contribution in [3.05, 3.63) is 107 Å². The van der Waals surface area contributed by atoms with Gasteiger partial charge in [-0.2, -0.15) is 0 Å². The number of carbonyl (C=O) groups is 1. The fourth-order valence-electron chi connectivity index (χ4n) is 4.37. The van der Waals surface area contributed by atoms with E-state index in [1.165, 1.54) is 18.2 Å². The molecule has 0 spiro atoms. The van der Waals surface area contributed by atoms with Gasteiger partial charge in [0.2, 0.25) is 0 Å². The fraction of sp³-hybridized carbons (Fsp3) is 0.179. The topological polar surface area (TPSA) is 94.5 Å². The molecule has 3 aromatic heterocycles. The van der Waals surface area contributed by atoms with Gasteiger partial charge in [0.1, 0.15) is 23.9 Å². The van der Waals surface area contributed by atoms with Crippen LogP contribution in [0.25, 0.3) is 16.6 Å². The number of benzene rings is 2. The molecule has 1 unspecified atom stereocenters. The van der Waals surface area contributed by atoms with Crippen LogP contribution in [0.4, 0.5) is 8.78 Å². The van der Waals surface area contributed by atoms with Gasteiger partial charge in [0, 0.05) is 24.3 Å². The first kappa shape index (κ1) is 24.3. The maximum Gasteiger partial charge on any atom is 0.270 e. The first-order chi connectivity index (χ1) is 17.9. The number of nitrogens with two attached hydrogens (primary N) is 1. The summed E-state index contributed by atoms with van der Waals surface area (Å²) in [5.74, 6) is -1.44. The summed E-state index contributed by atoms with van der Waals surface area (Å²) in [6, 6.07) is 14.5. The zero-order valence-corrected chi connectivity index (χ0v) is 20.3. The Morgan fingerprint density at radius 3 is 2.65 bits per heavy atom. The van der Waals surface area contributed by atoms with Crippen molar-refractivity contribution in [1.82, 2.24) is 19.7 Å². The highest BCUT2D eigenvalue weighted by Gasteiger charge is 2.23. The highest BCUT2D eigenvalue weighted by atomic mass is 19.1. The van der Waals surface area contributed by atoms with Crippen LogP contribution < -0.4 is 15.8 Å². The minimum absolute atomic E-state index is 0.181. The number of imidazole rings is 1. The Bertz CT molecular complexity index is 1610. The van der Waals surface area contributed by atoms with Crippen LogP contribution >= 0.6 is 0 Å². The predicted octanol–water partition coefficient (Wildman–Crippen LogP) is 4.79. The number of pyridine rings is 2. The number of carbonyl (C=O) groups excluding carboxylic acids is 1. The van der Waals surface area contributed by atoms with Gasteiger partial charge in [-0.25, -0.2) is 13.8 Å². The average Bonchev–Trinajstić information content (AvgIpc) is 3.22. The molecule has 9 heteroatoms. The fourth-order valence-corrected chi connectivity index (χ4v) is 4.37. The molecule has 3 heterocycles. The van der Waals surface area contributed by atoms with Crippen molar-refractivity contribution in [2.45, 2.75) is 26.5 Å². The number of rotatable bonds is 7. The van der Waals surface area contributed by atoms with E-state index in [0.717, 1.165) is 22.0 Å². The molecule has 188 valence electrons. The van der Waals surface area contributed by atoms with Crippen molar-refractivity contribution >= 4 is 22.5 Å². The van der Waals surface area contributed by atoms with Gasteiger partial charge >= 0.3 is 0 Å². The van der Waals surface area contributed by atoms with Gasteiger partial charge in [0.15, 0.2) is 11.4 Å². The summed E-state index contributed by atoms with van der Waals surface area (Å²) < 4.78 is 35.6. The van der Waals surface area contributed by atoms with Gasteiger partial charge in [0.05, 0.1) is 22.8 Å². The Hall–Kier alpha value is -4.37. The van der Waals surface area contributed by atoms with Crippen LogP contribution in [0.1, 0.15) is 38.9 Å². The van der Waals surface area contributed by atoms with Crippen molar-refractivity contribution < 1.29 is 18.3 Å². The maximum atomic E-state index is 14.1. The number of hydrogen-bond donors (Lipinski definition) is 2. The molecule has 0 aliphatic rings. The molecular formula is C28H25F2N5O2. The Balaban J connectivity index is 1.45. The second-order valence-electron chi connectivity index (χ2n) is 8.83. The van der Waals surface area contributed by atoms with Crippen molar-refractivity contribution in [3.8, 4) is 5.75 Å². The zero-order valence-electron chi connectivity index (χ0n) is 20.3. The van der Waals surface area contributed by atoms with Crippen molar-refractivity contribution in [2.75, 3.05) is 6.54 Å². The lowest BCUT2D eigenvalue weighted by Crippen LogP contribution is -2.34. The molecule has 0 bridgehead atoms. The van der Waals surface area contributed by atoms with Crippen LogP contribution in [-0.2, 0) is 6.61 Å². The van der Waals surface area contributed by atoms with Crippen LogP contribution in [0.2, 0.25) is 0 Å². The lowest BCUT2D eigenvalue weighted by molar-refractivity contribution is 0.0931. The highest BCUT2D eigenvalue weighted by Crippen LogP contribution is 2.27. The molecule has 1 amide bonds. The van der Waals surface area contributed by atoms with Gasteiger partial charge in [-0.3, -0.25) is 14.2 Å². The third-order valence-corrected chi connectivity index (χ3v) is 6.22. The van der Waals surface area contributed by atoms with Crippen LogP contribution in [0.3, 0.4) is 0 Å². The minimum Gasteiger partial charge on any atom is -0.485 e. The number of hydrogen-bond acceptors (Lipinski definition) is 5. The second-order valence-corrected chi connectivity index (χ2v) is 8.83. The summed E-state index contributed by atoms with van der Waals surface area (Å²) in [5, 5.41) is 3.96. The molecule has 0 aliphatic carbocycles. The van der Waals surface area contributed by atoms with Crippen LogP contribution in [-0.4, -0.2) is 26.8 Å². The second kappa shape index (κ2) is 9.94. The monoisotopic (exact) mass is 501 g/mol. The van der Waals surface area contributed by atoms with E-state index in [4.69, 9.17) is 10.5 Å². The quantitative estimate of drug-likeness (QED) is 0.335. The number of halogens is 2. The molecule has 7 nitrogen and oxygen atoms in total. The number of ether oxygens (including phenoxy) is 1. The third kappa shape index (κ3) is 4.73. The van der Waals surface area contributed by atoms with Gasteiger partial charge in [-0.1, -0.05) is 18.2 Å². The standard InChI is InChI=1S/C28H25F2N5O2/c1-16-11-25(37-15-20-21(29)6-3-7-22(20)30)27-33-17(2)26(35(27)14-16)28(36)34-24(13-31)19-8-9-23-18(12-19)5-4-10-32-23/h3-12,14,24H,13,15,31H2,1-2H3,(H,34,36). The number of amides is 1. The Kier molecular flexibility index (Phi) is 6.54. The lowest BCUT2D eigenvalue weighted by Gasteiger charge is -2.18. The van der Waals surface area contributed by atoms with Gasteiger partial charge in [-0.15, -0.1) is 0 Å². The van der Waals surface area contributed by atoms with Gasteiger partial charge in [-0.05, 0) is 61.4 Å². The van der Waals surface area contributed by atoms with Crippen molar-refractivity contribution in [3.63, 3.8) is 0 Å². The molecule has 3 N–H and O–H groups in total. The first-order valence-corrected chi connectivity index (χ1v) is 11.8. The summed E-state index contributed by atoms with van der Waals surface area (Å²) in [7, 11) is 0. The largest absolute Gasteiger partial charge is 0.485 e. The van der Waals surface area contributed by atoms with E-state index in [1.807, 2.05) is 37.3 Å². The maximum absolute atomic E-state index is 14.1. The highest BCUT2D eigenvalue weighted by molar-refractivity contribution is 5.95. The number of aromatic nitrogens is 3. The molecule has 0 saturated heterocycles.